The van der Waals surface area contributed by atoms with Crippen molar-refractivity contribution >= 4 is 11.8 Å². The van der Waals surface area contributed by atoms with E-state index in [2.05, 4.69) is 19.2 Å². The van der Waals surface area contributed by atoms with E-state index >= 15 is 0 Å². The van der Waals surface area contributed by atoms with E-state index in [-0.39, 0.29) is 24.1 Å². The topological polar surface area (TPSA) is 46.2 Å². The third-order valence-electron chi connectivity index (χ3n) is 4.30. The second kappa shape index (κ2) is 5.96. The molecule has 0 spiro atoms. The van der Waals surface area contributed by atoms with E-state index in [0.29, 0.717) is 11.5 Å². The number of hydrogen-bond donors (Lipinski definition) is 1. The van der Waals surface area contributed by atoms with Crippen LogP contribution in [-0.2, 0) is 9.59 Å². The van der Waals surface area contributed by atoms with Gasteiger partial charge in [-0.05, 0) is 23.8 Å². The molecular formula is C17H22FNO2. The van der Waals surface area contributed by atoms with Gasteiger partial charge in [0.05, 0.1) is 5.92 Å². The average Bonchev–Trinajstić information content (AvgIpc) is 2.38. The zero-order valence-electron chi connectivity index (χ0n) is 12.8. The molecule has 21 heavy (non-hydrogen) atoms. The summed E-state index contributed by atoms with van der Waals surface area (Å²) in [6.07, 6.45) is 1.88. The van der Waals surface area contributed by atoms with Gasteiger partial charge in [-0.25, -0.2) is 4.39 Å². The Morgan fingerprint density at radius 3 is 2.62 bits per heavy atom. The van der Waals surface area contributed by atoms with Crippen LogP contribution in [0.25, 0.3) is 0 Å². The zero-order valence-corrected chi connectivity index (χ0v) is 12.8. The third-order valence-corrected chi connectivity index (χ3v) is 4.30. The van der Waals surface area contributed by atoms with Crippen LogP contribution in [0.4, 0.5) is 4.39 Å². The number of rotatable bonds is 4. The van der Waals surface area contributed by atoms with Crippen LogP contribution < -0.4 is 5.32 Å². The summed E-state index contributed by atoms with van der Waals surface area (Å²) in [6, 6.07) is 6.34. The van der Waals surface area contributed by atoms with Crippen LogP contribution in [0.15, 0.2) is 24.3 Å². The van der Waals surface area contributed by atoms with Crippen LogP contribution >= 0.6 is 0 Å². The Bertz CT molecular complexity index is 555. The van der Waals surface area contributed by atoms with Crippen molar-refractivity contribution in [2.75, 3.05) is 0 Å². The molecule has 0 aliphatic carbocycles. The van der Waals surface area contributed by atoms with Crippen LogP contribution in [0.3, 0.4) is 0 Å². The molecular weight excluding hydrogens is 269 g/mol. The lowest BCUT2D eigenvalue weighted by atomic mass is 9.65. The maximum atomic E-state index is 14.1. The standard InChI is InChI=1S/C17H22FNO2/c1-11(2)8-9-17(3)10-14(20)19-16(21)15(17)12-6-4-5-7-13(12)18/h4-7,11,15H,8-10H2,1-3H3,(H,19,20,21). The number of carbonyl (C=O) groups excluding carboxylic acids is 2. The van der Waals surface area contributed by atoms with Gasteiger partial charge in [-0.3, -0.25) is 14.9 Å². The molecule has 1 N–H and O–H groups in total. The molecule has 2 rings (SSSR count). The largest absolute Gasteiger partial charge is 0.296 e. The predicted octanol–water partition coefficient (Wildman–Crippen LogP) is 3.40. The summed E-state index contributed by atoms with van der Waals surface area (Å²) >= 11 is 0. The Morgan fingerprint density at radius 2 is 2.00 bits per heavy atom. The molecule has 3 nitrogen and oxygen atoms in total. The zero-order chi connectivity index (χ0) is 15.6. The summed E-state index contributed by atoms with van der Waals surface area (Å²) in [5, 5.41) is 2.35. The van der Waals surface area contributed by atoms with Gasteiger partial charge in [0, 0.05) is 12.0 Å². The fraction of sp³-hybridized carbons (Fsp3) is 0.529. The predicted molar refractivity (Wildman–Crippen MR) is 79.1 cm³/mol. The first-order valence-corrected chi connectivity index (χ1v) is 7.41. The van der Waals surface area contributed by atoms with E-state index < -0.39 is 11.3 Å². The van der Waals surface area contributed by atoms with Gasteiger partial charge in [0.15, 0.2) is 0 Å². The number of amides is 2. The molecule has 2 atom stereocenters. The molecule has 1 fully saturated rings. The van der Waals surface area contributed by atoms with Crippen molar-refractivity contribution in [1.29, 1.82) is 0 Å². The van der Waals surface area contributed by atoms with Crippen molar-refractivity contribution in [2.45, 2.75) is 46.0 Å². The number of benzene rings is 1. The maximum Gasteiger partial charge on any atom is 0.234 e. The molecule has 4 heteroatoms. The van der Waals surface area contributed by atoms with Gasteiger partial charge in [0.2, 0.25) is 11.8 Å². The smallest absolute Gasteiger partial charge is 0.234 e. The van der Waals surface area contributed by atoms with Crippen molar-refractivity contribution in [3.05, 3.63) is 35.6 Å². The van der Waals surface area contributed by atoms with Crippen molar-refractivity contribution in [3.63, 3.8) is 0 Å². The van der Waals surface area contributed by atoms with Gasteiger partial charge < -0.3 is 0 Å². The normalized spacial score (nSPS) is 26.0. The Kier molecular flexibility index (Phi) is 4.45. The first-order valence-electron chi connectivity index (χ1n) is 7.41. The fourth-order valence-electron chi connectivity index (χ4n) is 3.12. The lowest BCUT2D eigenvalue weighted by Gasteiger charge is -2.40. The van der Waals surface area contributed by atoms with E-state index in [1.54, 1.807) is 18.2 Å². The van der Waals surface area contributed by atoms with Gasteiger partial charge in [-0.15, -0.1) is 0 Å². The Morgan fingerprint density at radius 1 is 1.33 bits per heavy atom. The van der Waals surface area contributed by atoms with E-state index in [4.69, 9.17) is 0 Å². The van der Waals surface area contributed by atoms with E-state index in [9.17, 15) is 14.0 Å². The minimum absolute atomic E-state index is 0.254. The molecule has 1 aromatic rings. The van der Waals surface area contributed by atoms with Crippen molar-refractivity contribution in [1.82, 2.24) is 5.32 Å². The summed E-state index contributed by atoms with van der Waals surface area (Å²) in [6.45, 7) is 6.13. The molecule has 1 aliphatic heterocycles. The van der Waals surface area contributed by atoms with Crippen molar-refractivity contribution < 1.29 is 14.0 Å². The highest BCUT2D eigenvalue weighted by molar-refractivity contribution is 6.02. The van der Waals surface area contributed by atoms with E-state index in [0.717, 1.165) is 12.8 Å². The van der Waals surface area contributed by atoms with Crippen molar-refractivity contribution in [2.24, 2.45) is 11.3 Å². The second-order valence-corrected chi connectivity index (χ2v) is 6.63. The minimum atomic E-state index is -0.616. The SMILES string of the molecule is CC(C)CCC1(C)CC(=O)NC(=O)C1c1ccccc1F. The van der Waals surface area contributed by atoms with Crippen LogP contribution in [0.2, 0.25) is 0 Å². The van der Waals surface area contributed by atoms with E-state index in [1.807, 2.05) is 6.92 Å². The molecule has 2 unspecified atom stereocenters. The average molecular weight is 291 g/mol. The Hall–Kier alpha value is -1.71. The highest BCUT2D eigenvalue weighted by Gasteiger charge is 2.46. The van der Waals surface area contributed by atoms with Gasteiger partial charge in [-0.1, -0.05) is 45.4 Å². The van der Waals surface area contributed by atoms with Gasteiger partial charge >= 0.3 is 0 Å². The molecule has 1 heterocycles. The van der Waals surface area contributed by atoms with Gasteiger partial charge in [-0.2, -0.15) is 0 Å². The summed E-state index contributed by atoms with van der Waals surface area (Å²) in [5.41, 5.74) is -0.153. The number of hydrogen-bond acceptors (Lipinski definition) is 2. The molecule has 0 radical (unpaired) electrons. The summed E-state index contributed by atoms with van der Waals surface area (Å²) in [4.78, 5) is 24.1. The molecule has 2 amide bonds. The highest BCUT2D eigenvalue weighted by atomic mass is 19.1. The first-order chi connectivity index (χ1) is 9.83. The summed E-state index contributed by atoms with van der Waals surface area (Å²) in [5.74, 6) is -1.18. The van der Waals surface area contributed by atoms with Crippen LogP contribution in [0.1, 0.15) is 51.5 Å². The van der Waals surface area contributed by atoms with Crippen LogP contribution in [0, 0.1) is 17.2 Å². The lowest BCUT2D eigenvalue weighted by Crippen LogP contribution is -2.49. The van der Waals surface area contributed by atoms with Crippen molar-refractivity contribution in [3.8, 4) is 0 Å². The highest BCUT2D eigenvalue weighted by Crippen LogP contribution is 2.46. The molecule has 0 saturated carbocycles. The third kappa shape index (κ3) is 3.31. The number of nitrogens with one attached hydrogen (secondary N) is 1. The summed E-state index contributed by atoms with van der Waals surface area (Å²) in [7, 11) is 0. The van der Waals surface area contributed by atoms with Gasteiger partial charge in [0.1, 0.15) is 5.82 Å². The number of halogens is 1. The number of imide groups is 1. The second-order valence-electron chi connectivity index (χ2n) is 6.63. The Balaban J connectivity index is 2.40. The lowest BCUT2D eigenvalue weighted by molar-refractivity contribution is -0.140. The maximum absolute atomic E-state index is 14.1. The minimum Gasteiger partial charge on any atom is -0.296 e. The van der Waals surface area contributed by atoms with Crippen LogP contribution in [-0.4, -0.2) is 11.8 Å². The Labute approximate surface area is 124 Å². The van der Waals surface area contributed by atoms with Gasteiger partial charge in [0.25, 0.3) is 0 Å². The quantitative estimate of drug-likeness (QED) is 0.864. The monoisotopic (exact) mass is 291 g/mol. The molecule has 0 aromatic heterocycles. The number of carbonyl (C=O) groups is 2. The molecule has 1 aromatic carbocycles. The first kappa shape index (κ1) is 15.7. The summed E-state index contributed by atoms with van der Waals surface area (Å²) < 4.78 is 14.1. The molecule has 1 aliphatic rings. The fourth-order valence-corrected chi connectivity index (χ4v) is 3.12. The molecule has 0 bridgehead atoms. The molecule has 1 saturated heterocycles. The number of piperidine rings is 1. The van der Waals surface area contributed by atoms with E-state index in [1.165, 1.54) is 6.07 Å². The molecule has 114 valence electrons. The van der Waals surface area contributed by atoms with Crippen LogP contribution in [0.5, 0.6) is 0 Å².